The molecule has 1 fully saturated rings. The summed E-state index contributed by atoms with van der Waals surface area (Å²) in [5.41, 5.74) is 1.38. The van der Waals surface area contributed by atoms with E-state index in [9.17, 15) is 0 Å². The Bertz CT molecular complexity index is 307. The number of aromatic nitrogens is 1. The molecule has 0 bridgehead atoms. The Kier molecular flexibility index (Phi) is 4.95. The Balaban J connectivity index is 1.96. The highest BCUT2D eigenvalue weighted by molar-refractivity contribution is 5.09. The first-order valence-electron chi connectivity index (χ1n) is 6.74. The van der Waals surface area contributed by atoms with E-state index in [1.54, 1.807) is 0 Å². The number of hydrogen-bond acceptors (Lipinski definition) is 3. The van der Waals surface area contributed by atoms with E-state index in [0.29, 0.717) is 0 Å². The molecule has 0 atom stereocenters. The zero-order valence-electron chi connectivity index (χ0n) is 10.7. The first-order valence-corrected chi connectivity index (χ1v) is 6.74. The molecule has 1 aliphatic heterocycles. The molecule has 1 aliphatic rings. The first kappa shape index (κ1) is 12.5. The van der Waals surface area contributed by atoms with Gasteiger partial charge in [0, 0.05) is 25.0 Å². The lowest BCUT2D eigenvalue weighted by Crippen LogP contribution is -2.43. The molecule has 0 aromatic carbocycles. The molecule has 0 saturated carbocycles. The normalized spacial score (nSPS) is 17.5. The maximum absolute atomic E-state index is 4.08. The Morgan fingerprint density at radius 1 is 1.29 bits per heavy atom. The van der Waals surface area contributed by atoms with Gasteiger partial charge in [-0.2, -0.15) is 0 Å². The molecule has 0 spiro atoms. The number of piperidine rings is 1. The Hall–Kier alpha value is -0.930. The summed E-state index contributed by atoms with van der Waals surface area (Å²) >= 11 is 0. The van der Waals surface area contributed by atoms with Crippen molar-refractivity contribution >= 4 is 0 Å². The molecule has 94 valence electrons. The van der Waals surface area contributed by atoms with E-state index >= 15 is 0 Å². The van der Waals surface area contributed by atoms with Crippen molar-refractivity contribution in [1.29, 1.82) is 0 Å². The van der Waals surface area contributed by atoms with E-state index in [-0.39, 0.29) is 0 Å². The zero-order valence-corrected chi connectivity index (χ0v) is 10.7. The lowest BCUT2D eigenvalue weighted by molar-refractivity contribution is 0.154. The molecule has 1 aromatic rings. The molecule has 1 aromatic heterocycles. The van der Waals surface area contributed by atoms with E-state index < -0.39 is 0 Å². The molecular formula is C14H23N3. The van der Waals surface area contributed by atoms with Gasteiger partial charge >= 0.3 is 0 Å². The monoisotopic (exact) mass is 233 g/mol. The third-order valence-corrected chi connectivity index (χ3v) is 3.47. The number of nitrogens with zero attached hydrogens (tertiary/aromatic N) is 2. The molecule has 0 aliphatic carbocycles. The van der Waals surface area contributed by atoms with Crippen LogP contribution in [-0.4, -0.2) is 35.6 Å². The van der Waals surface area contributed by atoms with E-state index in [2.05, 4.69) is 34.3 Å². The van der Waals surface area contributed by atoms with Crippen LogP contribution in [0.4, 0.5) is 0 Å². The molecule has 0 unspecified atom stereocenters. The van der Waals surface area contributed by atoms with Crippen molar-refractivity contribution in [2.24, 2.45) is 0 Å². The lowest BCUT2D eigenvalue weighted by atomic mass is 10.0. The molecule has 0 amide bonds. The standard InChI is InChI=1S/C14H23N3/c1-2-11-17(14-5-9-16-10-6-14)12-13-3-7-15-8-4-13/h3-4,7-8,14,16H,2,5-6,9-12H2,1H3. The van der Waals surface area contributed by atoms with E-state index in [0.717, 1.165) is 12.6 Å². The van der Waals surface area contributed by atoms with Crippen molar-refractivity contribution in [1.82, 2.24) is 15.2 Å². The minimum atomic E-state index is 0.754. The molecule has 2 rings (SSSR count). The molecule has 2 heterocycles. The number of rotatable bonds is 5. The largest absolute Gasteiger partial charge is 0.317 e. The average Bonchev–Trinajstić information content (AvgIpc) is 2.40. The molecular weight excluding hydrogens is 210 g/mol. The van der Waals surface area contributed by atoms with Crippen LogP contribution in [0.1, 0.15) is 31.7 Å². The van der Waals surface area contributed by atoms with Gasteiger partial charge in [0.1, 0.15) is 0 Å². The minimum absolute atomic E-state index is 0.754. The summed E-state index contributed by atoms with van der Waals surface area (Å²) in [6.07, 6.45) is 7.58. The van der Waals surface area contributed by atoms with Gasteiger partial charge in [-0.3, -0.25) is 9.88 Å². The summed E-state index contributed by atoms with van der Waals surface area (Å²) in [5, 5.41) is 3.44. The fraction of sp³-hybridized carbons (Fsp3) is 0.643. The summed E-state index contributed by atoms with van der Waals surface area (Å²) in [6, 6.07) is 5.01. The summed E-state index contributed by atoms with van der Waals surface area (Å²) in [6.45, 7) is 6.87. The number of nitrogens with one attached hydrogen (secondary N) is 1. The highest BCUT2D eigenvalue weighted by atomic mass is 15.2. The fourth-order valence-corrected chi connectivity index (χ4v) is 2.57. The van der Waals surface area contributed by atoms with Crippen molar-refractivity contribution in [3.63, 3.8) is 0 Å². The molecule has 1 saturated heterocycles. The van der Waals surface area contributed by atoms with Crippen LogP contribution >= 0.6 is 0 Å². The lowest BCUT2D eigenvalue weighted by Gasteiger charge is -2.34. The number of pyridine rings is 1. The molecule has 1 N–H and O–H groups in total. The van der Waals surface area contributed by atoms with Gasteiger partial charge in [0.05, 0.1) is 0 Å². The Morgan fingerprint density at radius 3 is 2.65 bits per heavy atom. The predicted octanol–water partition coefficient (Wildman–Crippen LogP) is 2.05. The fourth-order valence-electron chi connectivity index (χ4n) is 2.57. The third-order valence-electron chi connectivity index (χ3n) is 3.47. The topological polar surface area (TPSA) is 28.2 Å². The minimum Gasteiger partial charge on any atom is -0.317 e. The third kappa shape index (κ3) is 3.79. The van der Waals surface area contributed by atoms with Gasteiger partial charge in [0.25, 0.3) is 0 Å². The number of hydrogen-bond donors (Lipinski definition) is 1. The first-order chi connectivity index (χ1) is 8.40. The Morgan fingerprint density at radius 2 is 2.00 bits per heavy atom. The van der Waals surface area contributed by atoms with Crippen molar-refractivity contribution in [3.8, 4) is 0 Å². The van der Waals surface area contributed by atoms with Crippen molar-refractivity contribution in [2.45, 2.75) is 38.8 Å². The zero-order chi connectivity index (χ0) is 11.9. The van der Waals surface area contributed by atoms with Crippen LogP contribution in [0.5, 0.6) is 0 Å². The van der Waals surface area contributed by atoms with Crippen LogP contribution in [-0.2, 0) is 6.54 Å². The van der Waals surface area contributed by atoms with Crippen LogP contribution in [0.2, 0.25) is 0 Å². The van der Waals surface area contributed by atoms with Gasteiger partial charge < -0.3 is 5.32 Å². The quantitative estimate of drug-likeness (QED) is 0.843. The van der Waals surface area contributed by atoms with Crippen molar-refractivity contribution < 1.29 is 0 Å². The van der Waals surface area contributed by atoms with Crippen molar-refractivity contribution in [3.05, 3.63) is 30.1 Å². The van der Waals surface area contributed by atoms with Gasteiger partial charge in [0.2, 0.25) is 0 Å². The molecule has 17 heavy (non-hydrogen) atoms. The molecule has 0 radical (unpaired) electrons. The summed E-state index contributed by atoms with van der Waals surface area (Å²) < 4.78 is 0. The van der Waals surface area contributed by atoms with Gasteiger partial charge in [-0.1, -0.05) is 6.92 Å². The highest BCUT2D eigenvalue weighted by Gasteiger charge is 2.20. The van der Waals surface area contributed by atoms with Gasteiger partial charge in [-0.05, 0) is 56.6 Å². The maximum Gasteiger partial charge on any atom is 0.0271 e. The summed E-state index contributed by atoms with van der Waals surface area (Å²) in [7, 11) is 0. The Labute approximate surface area is 104 Å². The van der Waals surface area contributed by atoms with E-state index in [1.165, 1.54) is 44.5 Å². The van der Waals surface area contributed by atoms with Crippen LogP contribution < -0.4 is 5.32 Å². The van der Waals surface area contributed by atoms with E-state index in [4.69, 9.17) is 0 Å². The second-order valence-corrected chi connectivity index (χ2v) is 4.81. The van der Waals surface area contributed by atoms with E-state index in [1.807, 2.05) is 12.4 Å². The van der Waals surface area contributed by atoms with Crippen LogP contribution in [0.3, 0.4) is 0 Å². The van der Waals surface area contributed by atoms with Crippen LogP contribution in [0.15, 0.2) is 24.5 Å². The highest BCUT2D eigenvalue weighted by Crippen LogP contribution is 2.15. The maximum atomic E-state index is 4.08. The molecule has 3 heteroatoms. The second kappa shape index (κ2) is 6.72. The average molecular weight is 233 g/mol. The predicted molar refractivity (Wildman–Crippen MR) is 70.8 cm³/mol. The van der Waals surface area contributed by atoms with Gasteiger partial charge in [0.15, 0.2) is 0 Å². The molecule has 3 nitrogen and oxygen atoms in total. The summed E-state index contributed by atoms with van der Waals surface area (Å²) in [5.74, 6) is 0. The smallest absolute Gasteiger partial charge is 0.0271 e. The van der Waals surface area contributed by atoms with Crippen molar-refractivity contribution in [2.75, 3.05) is 19.6 Å². The van der Waals surface area contributed by atoms with Crippen LogP contribution in [0.25, 0.3) is 0 Å². The van der Waals surface area contributed by atoms with Gasteiger partial charge in [-0.25, -0.2) is 0 Å². The SMILES string of the molecule is CCCN(Cc1ccncc1)C1CCNCC1. The van der Waals surface area contributed by atoms with Crippen LogP contribution in [0, 0.1) is 0 Å². The second-order valence-electron chi connectivity index (χ2n) is 4.81. The van der Waals surface area contributed by atoms with Gasteiger partial charge in [-0.15, -0.1) is 0 Å². The summed E-state index contributed by atoms with van der Waals surface area (Å²) in [4.78, 5) is 6.72.